The third-order valence-corrected chi connectivity index (χ3v) is 3.09. The van der Waals surface area contributed by atoms with Gasteiger partial charge in [-0.3, -0.25) is 0 Å². The highest BCUT2D eigenvalue weighted by Gasteiger charge is 2.10. The molecule has 0 unspecified atom stereocenters. The quantitative estimate of drug-likeness (QED) is 0.542. The van der Waals surface area contributed by atoms with Gasteiger partial charge < -0.3 is 9.15 Å². The van der Waals surface area contributed by atoms with E-state index in [0.29, 0.717) is 5.89 Å². The number of oxazole rings is 1. The fourth-order valence-corrected chi connectivity index (χ4v) is 2.05. The SMILES string of the molecule is COC(=O)/C=C/c1ccccc1-c1nc2ccccc2o1. The standard InChI is InChI=1S/C17H13NO3/c1-20-16(19)11-10-12-6-2-3-7-13(12)17-18-14-8-4-5-9-15(14)21-17/h2-11H,1H3/b11-10+. The van der Waals surface area contributed by atoms with Crippen molar-refractivity contribution in [2.45, 2.75) is 0 Å². The van der Waals surface area contributed by atoms with Crippen LogP contribution in [-0.2, 0) is 9.53 Å². The van der Waals surface area contributed by atoms with Crippen LogP contribution in [0.2, 0.25) is 0 Å². The van der Waals surface area contributed by atoms with Crippen LogP contribution in [0.4, 0.5) is 0 Å². The van der Waals surface area contributed by atoms with Crippen molar-refractivity contribution in [3.05, 3.63) is 60.2 Å². The zero-order valence-electron chi connectivity index (χ0n) is 11.4. The molecule has 0 aliphatic rings. The number of esters is 1. The Balaban J connectivity index is 2.05. The van der Waals surface area contributed by atoms with Crippen molar-refractivity contribution in [3.8, 4) is 11.5 Å². The number of hydrogen-bond donors (Lipinski definition) is 0. The van der Waals surface area contributed by atoms with Gasteiger partial charge in [0.25, 0.3) is 0 Å². The molecule has 0 radical (unpaired) electrons. The van der Waals surface area contributed by atoms with E-state index in [9.17, 15) is 4.79 Å². The lowest BCUT2D eigenvalue weighted by Gasteiger charge is -2.01. The number of methoxy groups -OCH3 is 1. The molecular formula is C17H13NO3. The summed E-state index contributed by atoms with van der Waals surface area (Å²) in [4.78, 5) is 15.7. The minimum absolute atomic E-state index is 0.401. The first-order valence-corrected chi connectivity index (χ1v) is 6.49. The molecule has 3 aromatic rings. The topological polar surface area (TPSA) is 52.3 Å². The van der Waals surface area contributed by atoms with Crippen molar-refractivity contribution < 1.29 is 13.9 Å². The van der Waals surface area contributed by atoms with Gasteiger partial charge in [0.1, 0.15) is 5.52 Å². The number of benzene rings is 2. The number of rotatable bonds is 3. The van der Waals surface area contributed by atoms with E-state index in [1.165, 1.54) is 13.2 Å². The van der Waals surface area contributed by atoms with E-state index in [-0.39, 0.29) is 0 Å². The summed E-state index contributed by atoms with van der Waals surface area (Å²) in [5, 5.41) is 0. The van der Waals surface area contributed by atoms with Crippen molar-refractivity contribution in [3.63, 3.8) is 0 Å². The Hall–Kier alpha value is -2.88. The van der Waals surface area contributed by atoms with E-state index >= 15 is 0 Å². The Labute approximate surface area is 121 Å². The fraction of sp³-hybridized carbons (Fsp3) is 0.0588. The van der Waals surface area contributed by atoms with E-state index in [0.717, 1.165) is 22.2 Å². The summed E-state index contributed by atoms with van der Waals surface area (Å²) < 4.78 is 10.4. The number of hydrogen-bond acceptors (Lipinski definition) is 4. The van der Waals surface area contributed by atoms with Crippen LogP contribution in [0.5, 0.6) is 0 Å². The number of carbonyl (C=O) groups excluding carboxylic acids is 1. The molecule has 0 spiro atoms. The van der Waals surface area contributed by atoms with Crippen LogP contribution in [0.3, 0.4) is 0 Å². The Bertz CT molecular complexity index is 785. The van der Waals surface area contributed by atoms with Crippen LogP contribution in [0.15, 0.2) is 59.0 Å². The maximum atomic E-state index is 11.2. The Morgan fingerprint density at radius 1 is 1.14 bits per heavy atom. The van der Waals surface area contributed by atoms with Gasteiger partial charge in [-0.15, -0.1) is 0 Å². The first-order valence-electron chi connectivity index (χ1n) is 6.49. The molecule has 1 aromatic heterocycles. The third kappa shape index (κ3) is 2.69. The van der Waals surface area contributed by atoms with Crippen molar-refractivity contribution in [1.29, 1.82) is 0 Å². The summed E-state index contributed by atoms with van der Waals surface area (Å²) >= 11 is 0. The molecule has 3 rings (SSSR count). The average Bonchev–Trinajstić information content (AvgIpc) is 2.96. The second-order valence-corrected chi connectivity index (χ2v) is 4.43. The number of carbonyl (C=O) groups is 1. The molecule has 4 heteroatoms. The largest absolute Gasteiger partial charge is 0.466 e. The molecule has 0 aliphatic carbocycles. The summed E-state index contributed by atoms with van der Waals surface area (Å²) in [6, 6.07) is 15.2. The maximum Gasteiger partial charge on any atom is 0.330 e. The van der Waals surface area contributed by atoms with Crippen LogP contribution in [0, 0.1) is 0 Å². The molecule has 104 valence electrons. The number of fused-ring (bicyclic) bond motifs is 1. The predicted octanol–water partition coefficient (Wildman–Crippen LogP) is 3.68. The minimum Gasteiger partial charge on any atom is -0.466 e. The number of nitrogens with zero attached hydrogens (tertiary/aromatic N) is 1. The van der Waals surface area contributed by atoms with Crippen molar-refractivity contribution in [2.24, 2.45) is 0 Å². The van der Waals surface area contributed by atoms with Crippen LogP contribution >= 0.6 is 0 Å². The van der Waals surface area contributed by atoms with Gasteiger partial charge in [0.2, 0.25) is 5.89 Å². The van der Waals surface area contributed by atoms with Crippen molar-refractivity contribution in [2.75, 3.05) is 7.11 Å². The zero-order chi connectivity index (χ0) is 14.7. The van der Waals surface area contributed by atoms with Crippen molar-refractivity contribution in [1.82, 2.24) is 4.98 Å². The molecule has 0 fully saturated rings. The van der Waals surface area contributed by atoms with Gasteiger partial charge >= 0.3 is 5.97 Å². The molecule has 1 heterocycles. The lowest BCUT2D eigenvalue weighted by atomic mass is 10.1. The second kappa shape index (κ2) is 5.63. The summed E-state index contributed by atoms with van der Waals surface area (Å²) in [6.07, 6.45) is 3.07. The van der Waals surface area contributed by atoms with Gasteiger partial charge in [0.05, 0.1) is 7.11 Å². The van der Waals surface area contributed by atoms with Gasteiger partial charge in [-0.2, -0.15) is 0 Å². The normalized spacial score (nSPS) is 11.1. The molecule has 0 saturated carbocycles. The molecule has 0 saturated heterocycles. The van der Waals surface area contributed by atoms with Gasteiger partial charge in [-0.05, 0) is 29.8 Å². The third-order valence-electron chi connectivity index (χ3n) is 3.09. The van der Waals surface area contributed by atoms with Gasteiger partial charge in [0, 0.05) is 11.6 Å². The van der Waals surface area contributed by atoms with Gasteiger partial charge in [-0.1, -0.05) is 30.3 Å². The molecule has 0 N–H and O–H groups in total. The highest BCUT2D eigenvalue weighted by atomic mass is 16.5. The molecular weight excluding hydrogens is 266 g/mol. The molecule has 2 aromatic carbocycles. The molecule has 4 nitrogen and oxygen atoms in total. The average molecular weight is 279 g/mol. The molecule has 0 atom stereocenters. The summed E-state index contributed by atoms with van der Waals surface area (Å²) in [6.45, 7) is 0. The van der Waals surface area contributed by atoms with Crippen LogP contribution in [0.25, 0.3) is 28.6 Å². The number of aromatic nitrogens is 1. The molecule has 21 heavy (non-hydrogen) atoms. The lowest BCUT2D eigenvalue weighted by molar-refractivity contribution is -0.134. The Kier molecular flexibility index (Phi) is 3.51. The number of ether oxygens (including phenoxy) is 1. The van der Waals surface area contributed by atoms with Gasteiger partial charge in [0.15, 0.2) is 5.58 Å². The first kappa shape index (κ1) is 13.1. The van der Waals surface area contributed by atoms with E-state index in [1.807, 2.05) is 48.5 Å². The minimum atomic E-state index is -0.401. The van der Waals surface area contributed by atoms with Crippen LogP contribution < -0.4 is 0 Å². The number of para-hydroxylation sites is 2. The molecule has 0 aliphatic heterocycles. The van der Waals surface area contributed by atoms with Gasteiger partial charge in [-0.25, -0.2) is 9.78 Å². The van der Waals surface area contributed by atoms with Crippen molar-refractivity contribution >= 4 is 23.1 Å². The smallest absolute Gasteiger partial charge is 0.330 e. The van der Waals surface area contributed by atoms with E-state index in [1.54, 1.807) is 6.08 Å². The monoisotopic (exact) mass is 279 g/mol. The van der Waals surface area contributed by atoms with E-state index < -0.39 is 5.97 Å². The van der Waals surface area contributed by atoms with Crippen LogP contribution in [-0.4, -0.2) is 18.1 Å². The van der Waals surface area contributed by atoms with Crippen LogP contribution in [0.1, 0.15) is 5.56 Å². The highest BCUT2D eigenvalue weighted by molar-refractivity contribution is 5.89. The maximum absolute atomic E-state index is 11.2. The molecule has 0 bridgehead atoms. The highest BCUT2D eigenvalue weighted by Crippen LogP contribution is 2.27. The summed E-state index contributed by atoms with van der Waals surface area (Å²) in [5.41, 5.74) is 3.21. The fourth-order valence-electron chi connectivity index (χ4n) is 2.05. The molecule has 0 amide bonds. The second-order valence-electron chi connectivity index (χ2n) is 4.43. The Morgan fingerprint density at radius 3 is 2.71 bits per heavy atom. The zero-order valence-corrected chi connectivity index (χ0v) is 11.4. The van der Waals surface area contributed by atoms with E-state index in [2.05, 4.69) is 9.72 Å². The summed E-state index contributed by atoms with van der Waals surface area (Å²) in [5.74, 6) is 0.128. The van der Waals surface area contributed by atoms with E-state index in [4.69, 9.17) is 4.42 Å². The predicted molar refractivity (Wildman–Crippen MR) is 80.5 cm³/mol. The first-order chi connectivity index (χ1) is 10.3. The Morgan fingerprint density at radius 2 is 1.90 bits per heavy atom. The summed E-state index contributed by atoms with van der Waals surface area (Å²) in [7, 11) is 1.35. The lowest BCUT2D eigenvalue weighted by Crippen LogP contribution is -1.93.